The summed E-state index contributed by atoms with van der Waals surface area (Å²) < 4.78 is 20.3. The molecule has 1 aromatic carbocycles. The van der Waals surface area contributed by atoms with Gasteiger partial charge in [0.2, 0.25) is 5.91 Å². The molecule has 3 atom stereocenters. The van der Waals surface area contributed by atoms with Gasteiger partial charge in [0.25, 0.3) is 11.5 Å². The molecule has 1 aromatic heterocycles. The molecule has 0 bridgehead atoms. The predicted molar refractivity (Wildman–Crippen MR) is 107 cm³/mol. The number of amides is 2. The number of carbonyl (C=O) groups is 2. The van der Waals surface area contributed by atoms with E-state index in [-0.39, 0.29) is 47.7 Å². The van der Waals surface area contributed by atoms with Gasteiger partial charge in [-0.15, -0.1) is 0 Å². The van der Waals surface area contributed by atoms with Crippen molar-refractivity contribution in [1.82, 2.24) is 14.4 Å². The first-order valence-corrected chi connectivity index (χ1v) is 9.89. The Balaban J connectivity index is 1.60. The molecule has 0 unspecified atom stereocenters. The van der Waals surface area contributed by atoms with Crippen molar-refractivity contribution in [3.8, 4) is 0 Å². The number of hydrogen-bond acceptors (Lipinski definition) is 4. The molecule has 0 spiro atoms. The number of rotatable bonds is 4. The van der Waals surface area contributed by atoms with Crippen molar-refractivity contribution in [2.24, 2.45) is 18.9 Å². The Morgan fingerprint density at radius 1 is 1.17 bits per heavy atom. The minimum atomic E-state index is -0.360. The van der Waals surface area contributed by atoms with Crippen molar-refractivity contribution in [2.45, 2.75) is 6.04 Å². The number of fused-ring (bicyclic) bond motifs is 1. The van der Waals surface area contributed by atoms with Gasteiger partial charge in [0.15, 0.2) is 0 Å². The Bertz CT molecular complexity index is 1040. The molecule has 2 aromatic rings. The monoisotopic (exact) mass is 413 g/mol. The lowest BCUT2D eigenvalue weighted by molar-refractivity contribution is -0.136. The van der Waals surface area contributed by atoms with E-state index in [4.69, 9.17) is 4.74 Å². The highest BCUT2D eigenvalue weighted by Gasteiger charge is 2.50. The summed E-state index contributed by atoms with van der Waals surface area (Å²) in [4.78, 5) is 41.0. The third-order valence-electron chi connectivity index (χ3n) is 6.08. The molecule has 2 aliphatic heterocycles. The lowest BCUT2D eigenvalue weighted by atomic mass is 9.89. The standard InChI is InChI=1S/C22H24FN3O4/c1-24-7-6-15(9-19(24)27)22(29)25-10-16-11-26(20(28)13-30-2)21(18(16)12-25)14-4-3-5-17(23)8-14/h3-9,16,18,21H,10-13H2,1-2H3/t16-,18-,21+/m1/s1. The highest BCUT2D eigenvalue weighted by Crippen LogP contribution is 2.45. The second-order valence-corrected chi connectivity index (χ2v) is 7.98. The molecule has 158 valence electrons. The smallest absolute Gasteiger partial charge is 0.254 e. The van der Waals surface area contributed by atoms with Crippen molar-refractivity contribution in [3.05, 3.63) is 69.9 Å². The predicted octanol–water partition coefficient (Wildman–Crippen LogP) is 1.44. The summed E-state index contributed by atoms with van der Waals surface area (Å²) in [5.74, 6) is -0.640. The van der Waals surface area contributed by atoms with Crippen LogP contribution < -0.4 is 5.56 Å². The number of ether oxygens (including phenoxy) is 1. The molecule has 3 heterocycles. The summed E-state index contributed by atoms with van der Waals surface area (Å²) >= 11 is 0. The van der Waals surface area contributed by atoms with Crippen LogP contribution in [0.25, 0.3) is 0 Å². The fraction of sp³-hybridized carbons (Fsp3) is 0.409. The van der Waals surface area contributed by atoms with Crippen LogP contribution in [0.3, 0.4) is 0 Å². The average molecular weight is 413 g/mol. The van der Waals surface area contributed by atoms with E-state index in [2.05, 4.69) is 0 Å². The number of pyridine rings is 1. The lowest BCUT2D eigenvalue weighted by Gasteiger charge is -2.30. The summed E-state index contributed by atoms with van der Waals surface area (Å²) in [6.07, 6.45) is 1.58. The second kappa shape index (κ2) is 8.02. The van der Waals surface area contributed by atoms with E-state index in [1.54, 1.807) is 35.2 Å². The van der Waals surface area contributed by atoms with Crippen molar-refractivity contribution < 1.29 is 18.7 Å². The zero-order chi connectivity index (χ0) is 21.4. The van der Waals surface area contributed by atoms with Gasteiger partial charge in [-0.05, 0) is 23.8 Å². The van der Waals surface area contributed by atoms with E-state index < -0.39 is 0 Å². The van der Waals surface area contributed by atoms with Crippen LogP contribution in [0, 0.1) is 17.7 Å². The van der Waals surface area contributed by atoms with Gasteiger partial charge in [0.1, 0.15) is 12.4 Å². The van der Waals surface area contributed by atoms with E-state index in [1.165, 1.54) is 29.9 Å². The van der Waals surface area contributed by atoms with Crippen LogP contribution in [-0.4, -0.2) is 59.5 Å². The maximum Gasteiger partial charge on any atom is 0.254 e. The molecule has 4 rings (SSSR count). The molecule has 2 amide bonds. The fourth-order valence-corrected chi connectivity index (χ4v) is 4.66. The molecule has 2 aliphatic rings. The number of likely N-dealkylation sites (tertiary alicyclic amines) is 2. The number of aryl methyl sites for hydroxylation is 1. The first kappa shape index (κ1) is 20.3. The minimum absolute atomic E-state index is 0.0110. The Hall–Kier alpha value is -3.00. The summed E-state index contributed by atoms with van der Waals surface area (Å²) in [5.41, 5.74) is 0.830. The molecule has 8 heteroatoms. The molecule has 0 N–H and O–H groups in total. The molecular weight excluding hydrogens is 389 g/mol. The van der Waals surface area contributed by atoms with Crippen LogP contribution in [0.2, 0.25) is 0 Å². The number of nitrogens with zero attached hydrogens (tertiary/aromatic N) is 3. The van der Waals surface area contributed by atoms with Gasteiger partial charge in [-0.3, -0.25) is 14.4 Å². The normalized spacial score (nSPS) is 23.0. The maximum atomic E-state index is 13.9. The first-order chi connectivity index (χ1) is 14.4. The van der Waals surface area contributed by atoms with E-state index in [9.17, 15) is 18.8 Å². The third-order valence-corrected chi connectivity index (χ3v) is 6.08. The lowest BCUT2D eigenvalue weighted by Crippen LogP contribution is -2.39. The summed E-state index contributed by atoms with van der Waals surface area (Å²) in [7, 11) is 3.10. The van der Waals surface area contributed by atoms with Gasteiger partial charge in [-0.2, -0.15) is 0 Å². The van der Waals surface area contributed by atoms with Crippen LogP contribution in [0.1, 0.15) is 22.0 Å². The minimum Gasteiger partial charge on any atom is -0.375 e. The number of methoxy groups -OCH3 is 1. The third kappa shape index (κ3) is 3.63. The van der Waals surface area contributed by atoms with Crippen LogP contribution in [0.5, 0.6) is 0 Å². The van der Waals surface area contributed by atoms with Gasteiger partial charge >= 0.3 is 0 Å². The van der Waals surface area contributed by atoms with Gasteiger partial charge in [0, 0.05) is 63.5 Å². The molecule has 0 radical (unpaired) electrons. The maximum absolute atomic E-state index is 13.9. The molecule has 30 heavy (non-hydrogen) atoms. The zero-order valence-corrected chi connectivity index (χ0v) is 17.0. The number of benzene rings is 1. The Morgan fingerprint density at radius 2 is 1.97 bits per heavy atom. The summed E-state index contributed by atoms with van der Waals surface area (Å²) in [5, 5.41) is 0. The van der Waals surface area contributed by atoms with Gasteiger partial charge in [-0.25, -0.2) is 4.39 Å². The molecule has 2 saturated heterocycles. The Morgan fingerprint density at radius 3 is 2.67 bits per heavy atom. The highest BCUT2D eigenvalue weighted by molar-refractivity contribution is 5.94. The Kier molecular flexibility index (Phi) is 5.42. The molecule has 0 saturated carbocycles. The van der Waals surface area contributed by atoms with Crippen LogP contribution in [0.15, 0.2) is 47.4 Å². The van der Waals surface area contributed by atoms with Gasteiger partial charge < -0.3 is 19.1 Å². The molecular formula is C22H24FN3O4. The van der Waals surface area contributed by atoms with E-state index in [1.807, 2.05) is 6.07 Å². The fourth-order valence-electron chi connectivity index (χ4n) is 4.66. The summed E-state index contributed by atoms with van der Waals surface area (Å²) in [6, 6.07) is 8.92. The number of aromatic nitrogens is 1. The number of hydrogen-bond donors (Lipinski definition) is 0. The largest absolute Gasteiger partial charge is 0.375 e. The average Bonchev–Trinajstić information content (AvgIpc) is 3.27. The van der Waals surface area contributed by atoms with Gasteiger partial charge in [-0.1, -0.05) is 12.1 Å². The number of halogens is 1. The molecule has 7 nitrogen and oxygen atoms in total. The second-order valence-electron chi connectivity index (χ2n) is 7.98. The SMILES string of the molecule is COCC(=O)N1C[C@H]2CN(C(=O)c3ccn(C)c(=O)c3)C[C@H]2[C@@H]1c1cccc(F)c1. The molecule has 2 fully saturated rings. The van der Waals surface area contributed by atoms with Crippen molar-refractivity contribution in [2.75, 3.05) is 33.4 Å². The zero-order valence-electron chi connectivity index (χ0n) is 17.0. The summed E-state index contributed by atoms with van der Waals surface area (Å²) in [6.45, 7) is 1.37. The van der Waals surface area contributed by atoms with Crippen LogP contribution >= 0.6 is 0 Å². The van der Waals surface area contributed by atoms with Crippen molar-refractivity contribution in [3.63, 3.8) is 0 Å². The van der Waals surface area contributed by atoms with E-state index >= 15 is 0 Å². The Labute approximate surface area is 173 Å². The van der Waals surface area contributed by atoms with E-state index in [0.717, 1.165) is 5.56 Å². The van der Waals surface area contributed by atoms with Crippen molar-refractivity contribution in [1.29, 1.82) is 0 Å². The van der Waals surface area contributed by atoms with Crippen LogP contribution in [0.4, 0.5) is 4.39 Å². The van der Waals surface area contributed by atoms with Crippen LogP contribution in [-0.2, 0) is 16.6 Å². The first-order valence-electron chi connectivity index (χ1n) is 9.89. The topological polar surface area (TPSA) is 71.8 Å². The molecule has 0 aliphatic carbocycles. The van der Waals surface area contributed by atoms with E-state index in [0.29, 0.717) is 25.2 Å². The highest BCUT2D eigenvalue weighted by atomic mass is 19.1. The van der Waals surface area contributed by atoms with Gasteiger partial charge in [0.05, 0.1) is 6.04 Å². The van der Waals surface area contributed by atoms with Crippen molar-refractivity contribution >= 4 is 11.8 Å². The number of carbonyl (C=O) groups excluding carboxylic acids is 2. The quantitative estimate of drug-likeness (QED) is 0.761.